The fraction of sp³-hybridized carbons (Fsp3) is 1.00. The summed E-state index contributed by atoms with van der Waals surface area (Å²) in [5.41, 5.74) is 0.268. The van der Waals surface area contributed by atoms with Gasteiger partial charge in [0.15, 0.2) is 0 Å². The highest BCUT2D eigenvalue weighted by molar-refractivity contribution is 4.80. The van der Waals surface area contributed by atoms with Gasteiger partial charge in [-0.2, -0.15) is 0 Å². The molecule has 0 unspecified atom stereocenters. The van der Waals surface area contributed by atoms with Crippen LogP contribution in [0.4, 0.5) is 0 Å². The summed E-state index contributed by atoms with van der Waals surface area (Å²) in [5.74, 6) is 0. The molecule has 0 aliphatic carbocycles. The quantitative estimate of drug-likeness (QED) is 0.720. The first-order chi connectivity index (χ1) is 6.14. The third-order valence-corrected chi connectivity index (χ3v) is 2.99. The Bertz CT molecular complexity index is 135. The van der Waals surface area contributed by atoms with Crippen LogP contribution in [0, 0.1) is 0 Å². The van der Waals surface area contributed by atoms with E-state index in [1.807, 2.05) is 0 Å². The van der Waals surface area contributed by atoms with E-state index in [-0.39, 0.29) is 5.54 Å². The minimum absolute atomic E-state index is 0.268. The molecule has 1 aliphatic rings. The zero-order valence-corrected chi connectivity index (χ0v) is 9.40. The standard InChI is InChI=1S/C11H24N2/c1-11(2,12-3)10-13-8-6-4-5-7-9-13/h12H,4-10H2,1-3H3. The lowest BCUT2D eigenvalue weighted by Crippen LogP contribution is -2.47. The molecule has 13 heavy (non-hydrogen) atoms. The summed E-state index contributed by atoms with van der Waals surface area (Å²) in [7, 11) is 2.05. The minimum Gasteiger partial charge on any atom is -0.314 e. The first kappa shape index (κ1) is 11.0. The van der Waals surface area contributed by atoms with Gasteiger partial charge >= 0.3 is 0 Å². The molecule has 1 heterocycles. The van der Waals surface area contributed by atoms with Crippen molar-refractivity contribution in [2.45, 2.75) is 45.1 Å². The molecule has 2 heteroatoms. The van der Waals surface area contributed by atoms with E-state index in [9.17, 15) is 0 Å². The largest absolute Gasteiger partial charge is 0.314 e. The first-order valence-corrected chi connectivity index (χ1v) is 5.55. The number of rotatable bonds is 3. The van der Waals surface area contributed by atoms with Crippen LogP contribution in [0.25, 0.3) is 0 Å². The Morgan fingerprint density at radius 2 is 1.62 bits per heavy atom. The van der Waals surface area contributed by atoms with E-state index < -0.39 is 0 Å². The fourth-order valence-corrected chi connectivity index (χ4v) is 1.93. The van der Waals surface area contributed by atoms with Crippen LogP contribution in [0.1, 0.15) is 39.5 Å². The van der Waals surface area contributed by atoms with Crippen molar-refractivity contribution in [3.63, 3.8) is 0 Å². The van der Waals surface area contributed by atoms with Gasteiger partial charge in [-0.1, -0.05) is 12.8 Å². The second kappa shape index (κ2) is 4.97. The molecule has 1 fully saturated rings. The van der Waals surface area contributed by atoms with E-state index in [0.717, 1.165) is 0 Å². The Kier molecular flexibility index (Phi) is 4.20. The van der Waals surface area contributed by atoms with Crippen molar-refractivity contribution >= 4 is 0 Å². The van der Waals surface area contributed by atoms with Crippen LogP contribution in [-0.4, -0.2) is 37.1 Å². The maximum Gasteiger partial charge on any atom is 0.0249 e. The Labute approximate surface area is 82.7 Å². The normalized spacial score (nSPS) is 21.5. The predicted molar refractivity (Wildman–Crippen MR) is 58.0 cm³/mol. The Morgan fingerprint density at radius 1 is 1.08 bits per heavy atom. The molecule has 2 nitrogen and oxygen atoms in total. The highest BCUT2D eigenvalue weighted by Crippen LogP contribution is 2.12. The van der Waals surface area contributed by atoms with Crippen LogP contribution < -0.4 is 5.32 Å². The van der Waals surface area contributed by atoms with Gasteiger partial charge in [-0.3, -0.25) is 0 Å². The van der Waals surface area contributed by atoms with E-state index in [1.165, 1.54) is 45.3 Å². The highest BCUT2D eigenvalue weighted by Gasteiger charge is 2.19. The lowest BCUT2D eigenvalue weighted by Gasteiger charge is -2.31. The summed E-state index contributed by atoms with van der Waals surface area (Å²) in [6, 6.07) is 0. The van der Waals surface area contributed by atoms with Gasteiger partial charge < -0.3 is 10.2 Å². The van der Waals surface area contributed by atoms with Crippen molar-refractivity contribution in [1.82, 2.24) is 10.2 Å². The van der Waals surface area contributed by atoms with E-state index in [0.29, 0.717) is 0 Å². The van der Waals surface area contributed by atoms with Crippen LogP contribution in [0.3, 0.4) is 0 Å². The smallest absolute Gasteiger partial charge is 0.0249 e. The molecule has 0 aromatic carbocycles. The number of likely N-dealkylation sites (tertiary alicyclic amines) is 1. The van der Waals surface area contributed by atoms with Crippen molar-refractivity contribution in [2.75, 3.05) is 26.7 Å². The molecular formula is C11H24N2. The number of likely N-dealkylation sites (N-methyl/N-ethyl adjacent to an activating group) is 1. The molecule has 1 aliphatic heterocycles. The van der Waals surface area contributed by atoms with Crippen LogP contribution in [0.2, 0.25) is 0 Å². The van der Waals surface area contributed by atoms with Gasteiger partial charge in [0.25, 0.3) is 0 Å². The average Bonchev–Trinajstić information content (AvgIpc) is 2.32. The third-order valence-electron chi connectivity index (χ3n) is 2.99. The van der Waals surface area contributed by atoms with Crippen LogP contribution in [-0.2, 0) is 0 Å². The van der Waals surface area contributed by atoms with Gasteiger partial charge in [-0.15, -0.1) is 0 Å². The summed E-state index contributed by atoms with van der Waals surface area (Å²) in [6.07, 6.45) is 5.63. The molecule has 0 bridgehead atoms. The molecule has 0 atom stereocenters. The maximum atomic E-state index is 3.37. The SMILES string of the molecule is CNC(C)(C)CN1CCCCCC1. The summed E-state index contributed by atoms with van der Waals surface area (Å²) in [6.45, 7) is 8.33. The molecule has 78 valence electrons. The van der Waals surface area contributed by atoms with Crippen LogP contribution >= 0.6 is 0 Å². The second-order valence-electron chi connectivity index (χ2n) is 4.82. The van der Waals surface area contributed by atoms with E-state index in [2.05, 4.69) is 31.1 Å². The summed E-state index contributed by atoms with van der Waals surface area (Å²) >= 11 is 0. The number of hydrogen-bond donors (Lipinski definition) is 1. The number of hydrogen-bond acceptors (Lipinski definition) is 2. The zero-order chi connectivity index (χ0) is 9.73. The average molecular weight is 184 g/mol. The predicted octanol–water partition coefficient (Wildman–Crippen LogP) is 1.86. The third kappa shape index (κ3) is 4.10. The fourth-order valence-electron chi connectivity index (χ4n) is 1.93. The Balaban J connectivity index is 2.33. The highest BCUT2D eigenvalue weighted by atomic mass is 15.2. The van der Waals surface area contributed by atoms with Gasteiger partial charge in [0.1, 0.15) is 0 Å². The second-order valence-corrected chi connectivity index (χ2v) is 4.82. The molecule has 1 saturated heterocycles. The van der Waals surface area contributed by atoms with Gasteiger partial charge in [0.05, 0.1) is 0 Å². The first-order valence-electron chi connectivity index (χ1n) is 5.55. The lowest BCUT2D eigenvalue weighted by atomic mass is 10.1. The summed E-state index contributed by atoms with van der Waals surface area (Å²) in [4.78, 5) is 2.60. The van der Waals surface area contributed by atoms with Crippen LogP contribution in [0.5, 0.6) is 0 Å². The molecule has 0 amide bonds. The molecule has 0 spiro atoms. The lowest BCUT2D eigenvalue weighted by molar-refractivity contribution is 0.213. The molecule has 0 saturated carbocycles. The van der Waals surface area contributed by atoms with Gasteiger partial charge in [0.2, 0.25) is 0 Å². The topological polar surface area (TPSA) is 15.3 Å². The van der Waals surface area contributed by atoms with Gasteiger partial charge in [-0.05, 0) is 46.8 Å². The minimum atomic E-state index is 0.268. The van der Waals surface area contributed by atoms with Crippen molar-refractivity contribution in [2.24, 2.45) is 0 Å². The molecule has 0 aromatic rings. The maximum absolute atomic E-state index is 3.37. The number of nitrogens with one attached hydrogen (secondary N) is 1. The molecule has 0 radical (unpaired) electrons. The molecule has 0 aromatic heterocycles. The van der Waals surface area contributed by atoms with Crippen molar-refractivity contribution in [1.29, 1.82) is 0 Å². The van der Waals surface area contributed by atoms with Crippen LogP contribution in [0.15, 0.2) is 0 Å². The monoisotopic (exact) mass is 184 g/mol. The van der Waals surface area contributed by atoms with E-state index in [1.54, 1.807) is 0 Å². The number of nitrogens with zero attached hydrogens (tertiary/aromatic N) is 1. The Hall–Kier alpha value is -0.0800. The van der Waals surface area contributed by atoms with Crippen molar-refractivity contribution in [3.05, 3.63) is 0 Å². The van der Waals surface area contributed by atoms with Gasteiger partial charge in [-0.25, -0.2) is 0 Å². The van der Waals surface area contributed by atoms with Crippen molar-refractivity contribution in [3.8, 4) is 0 Å². The van der Waals surface area contributed by atoms with E-state index in [4.69, 9.17) is 0 Å². The summed E-state index contributed by atoms with van der Waals surface area (Å²) < 4.78 is 0. The molecular weight excluding hydrogens is 160 g/mol. The molecule has 1 rings (SSSR count). The molecule has 1 N–H and O–H groups in total. The van der Waals surface area contributed by atoms with Crippen molar-refractivity contribution < 1.29 is 0 Å². The Morgan fingerprint density at radius 3 is 2.08 bits per heavy atom. The summed E-state index contributed by atoms with van der Waals surface area (Å²) in [5, 5.41) is 3.37. The van der Waals surface area contributed by atoms with Gasteiger partial charge in [0, 0.05) is 12.1 Å². The van der Waals surface area contributed by atoms with E-state index >= 15 is 0 Å². The zero-order valence-electron chi connectivity index (χ0n) is 9.40.